The summed E-state index contributed by atoms with van der Waals surface area (Å²) in [6, 6.07) is 17.6. The van der Waals surface area contributed by atoms with Crippen LogP contribution in [0.25, 0.3) is 11.1 Å². The van der Waals surface area contributed by atoms with Crippen LogP contribution in [0.5, 0.6) is 0 Å². The average Bonchev–Trinajstić information content (AvgIpc) is 2.63. The fourth-order valence-electron chi connectivity index (χ4n) is 2.86. The first kappa shape index (κ1) is 18.2. The van der Waals surface area contributed by atoms with Crippen molar-refractivity contribution in [2.45, 2.75) is 51.9 Å². The molecule has 2 aromatic rings. The minimum atomic E-state index is -0.302. The molecule has 0 saturated heterocycles. The first-order valence-corrected chi connectivity index (χ1v) is 8.84. The molecule has 2 N–H and O–H groups in total. The van der Waals surface area contributed by atoms with Gasteiger partial charge in [-0.15, -0.1) is 0 Å². The maximum Gasteiger partial charge on any atom is 0.243 e. The molecule has 0 radical (unpaired) electrons. The van der Waals surface area contributed by atoms with E-state index in [1.807, 2.05) is 0 Å². The van der Waals surface area contributed by atoms with Gasteiger partial charge in [-0.3, -0.25) is 10.0 Å². The Balaban J connectivity index is 1.81. The number of carbonyl (C=O) groups excluding carboxylic acids is 1. The second-order valence-electron chi connectivity index (χ2n) is 6.24. The molecule has 3 heteroatoms. The minimum Gasteiger partial charge on any atom is -0.289 e. The monoisotopic (exact) mass is 325 g/mol. The van der Waals surface area contributed by atoms with E-state index in [0.29, 0.717) is 6.42 Å². The normalized spacial score (nSPS) is 10.6. The van der Waals surface area contributed by atoms with E-state index in [2.05, 4.69) is 55.5 Å². The van der Waals surface area contributed by atoms with E-state index in [-0.39, 0.29) is 5.91 Å². The van der Waals surface area contributed by atoms with Crippen LogP contribution in [0.1, 0.15) is 50.2 Å². The molecule has 2 aromatic carbocycles. The van der Waals surface area contributed by atoms with Gasteiger partial charge < -0.3 is 0 Å². The third-order valence-electron chi connectivity index (χ3n) is 4.27. The van der Waals surface area contributed by atoms with Gasteiger partial charge in [0.25, 0.3) is 0 Å². The van der Waals surface area contributed by atoms with Crippen molar-refractivity contribution in [3.05, 3.63) is 59.7 Å². The van der Waals surface area contributed by atoms with Gasteiger partial charge in [0.1, 0.15) is 0 Å². The van der Waals surface area contributed by atoms with Crippen molar-refractivity contribution in [3.63, 3.8) is 0 Å². The second kappa shape index (κ2) is 9.89. The second-order valence-corrected chi connectivity index (χ2v) is 6.24. The molecule has 1 amide bonds. The molecule has 0 spiro atoms. The molecule has 128 valence electrons. The van der Waals surface area contributed by atoms with E-state index >= 15 is 0 Å². The Kier molecular flexibility index (Phi) is 7.50. The highest BCUT2D eigenvalue weighted by atomic mass is 16.5. The van der Waals surface area contributed by atoms with Crippen molar-refractivity contribution in [3.8, 4) is 11.1 Å². The van der Waals surface area contributed by atoms with Crippen LogP contribution in [0.15, 0.2) is 48.5 Å². The first-order chi connectivity index (χ1) is 11.7. The van der Waals surface area contributed by atoms with Crippen LogP contribution in [0, 0.1) is 0 Å². The number of amides is 1. The number of aryl methyl sites for hydroxylation is 2. The third kappa shape index (κ3) is 5.82. The number of hydrogen-bond acceptors (Lipinski definition) is 2. The minimum absolute atomic E-state index is 0.302. The quantitative estimate of drug-likeness (QED) is 0.391. The molecule has 0 unspecified atom stereocenters. The van der Waals surface area contributed by atoms with Gasteiger partial charge in [-0.1, -0.05) is 68.3 Å². The van der Waals surface area contributed by atoms with E-state index < -0.39 is 0 Å². The third-order valence-corrected chi connectivity index (χ3v) is 4.27. The van der Waals surface area contributed by atoms with E-state index in [0.717, 1.165) is 32.1 Å². The van der Waals surface area contributed by atoms with Crippen LogP contribution in [0.4, 0.5) is 0 Å². The Bertz CT molecular complexity index is 617. The first-order valence-electron chi connectivity index (χ1n) is 8.84. The molecule has 0 atom stereocenters. The van der Waals surface area contributed by atoms with Crippen LogP contribution >= 0.6 is 0 Å². The largest absolute Gasteiger partial charge is 0.289 e. The van der Waals surface area contributed by atoms with Crippen molar-refractivity contribution in [1.29, 1.82) is 0 Å². The van der Waals surface area contributed by atoms with Crippen LogP contribution in [0.2, 0.25) is 0 Å². The topological polar surface area (TPSA) is 49.3 Å². The molecule has 0 aliphatic carbocycles. The van der Waals surface area contributed by atoms with Gasteiger partial charge in [0, 0.05) is 6.42 Å². The zero-order chi connectivity index (χ0) is 17.2. The fourth-order valence-corrected chi connectivity index (χ4v) is 2.86. The maximum absolute atomic E-state index is 10.9. The predicted octanol–water partition coefficient (Wildman–Crippen LogP) is 4.91. The summed E-state index contributed by atoms with van der Waals surface area (Å²) in [5.41, 5.74) is 6.90. The molecule has 0 aliphatic heterocycles. The number of hydrogen-bond donors (Lipinski definition) is 2. The van der Waals surface area contributed by atoms with E-state index in [9.17, 15) is 4.79 Å². The maximum atomic E-state index is 10.9. The van der Waals surface area contributed by atoms with Gasteiger partial charge in [0.2, 0.25) is 5.91 Å². The highest BCUT2D eigenvalue weighted by Crippen LogP contribution is 2.21. The highest BCUT2D eigenvalue weighted by molar-refractivity contribution is 5.74. The van der Waals surface area contributed by atoms with Gasteiger partial charge in [-0.2, -0.15) is 0 Å². The average molecular weight is 325 g/mol. The van der Waals surface area contributed by atoms with Crippen molar-refractivity contribution < 1.29 is 10.0 Å². The Morgan fingerprint density at radius 2 is 1.38 bits per heavy atom. The summed E-state index contributed by atoms with van der Waals surface area (Å²) in [5.74, 6) is -0.302. The summed E-state index contributed by atoms with van der Waals surface area (Å²) in [6.45, 7) is 2.20. The summed E-state index contributed by atoms with van der Waals surface area (Å²) in [4.78, 5) is 10.9. The van der Waals surface area contributed by atoms with Gasteiger partial charge in [0.15, 0.2) is 0 Å². The zero-order valence-corrected chi connectivity index (χ0v) is 14.4. The van der Waals surface area contributed by atoms with Crippen molar-refractivity contribution in [2.24, 2.45) is 0 Å². The lowest BCUT2D eigenvalue weighted by molar-refractivity contribution is -0.129. The smallest absolute Gasteiger partial charge is 0.243 e. The van der Waals surface area contributed by atoms with E-state index in [4.69, 9.17) is 5.21 Å². The lowest BCUT2D eigenvalue weighted by Gasteiger charge is -2.06. The molecule has 0 heterocycles. The summed E-state index contributed by atoms with van der Waals surface area (Å²) in [5, 5.41) is 8.43. The fraction of sp³-hybridized carbons (Fsp3) is 0.381. The lowest BCUT2D eigenvalue weighted by Crippen LogP contribution is -2.17. The molecule has 0 aromatic heterocycles. The molecule has 0 bridgehead atoms. The van der Waals surface area contributed by atoms with Crippen LogP contribution in [-0.4, -0.2) is 11.1 Å². The predicted molar refractivity (Wildman–Crippen MR) is 98.0 cm³/mol. The Morgan fingerprint density at radius 1 is 0.833 bits per heavy atom. The van der Waals surface area contributed by atoms with Gasteiger partial charge >= 0.3 is 0 Å². The zero-order valence-electron chi connectivity index (χ0n) is 14.4. The summed E-state index contributed by atoms with van der Waals surface area (Å²) < 4.78 is 0. The van der Waals surface area contributed by atoms with Gasteiger partial charge in [-0.05, 0) is 47.9 Å². The van der Waals surface area contributed by atoms with Crippen LogP contribution < -0.4 is 5.48 Å². The highest BCUT2D eigenvalue weighted by Gasteiger charge is 2.01. The van der Waals surface area contributed by atoms with E-state index in [1.165, 1.54) is 28.7 Å². The Labute approximate surface area is 144 Å². The number of hydroxylamine groups is 1. The van der Waals surface area contributed by atoms with Crippen LogP contribution in [0.3, 0.4) is 0 Å². The Hall–Kier alpha value is -2.13. The molecule has 2 rings (SSSR count). The van der Waals surface area contributed by atoms with E-state index in [1.54, 1.807) is 5.48 Å². The Morgan fingerprint density at radius 3 is 1.88 bits per heavy atom. The molecular weight excluding hydrogens is 298 g/mol. The van der Waals surface area contributed by atoms with Crippen LogP contribution in [-0.2, 0) is 17.6 Å². The van der Waals surface area contributed by atoms with Crippen molar-refractivity contribution in [1.82, 2.24) is 5.48 Å². The summed E-state index contributed by atoms with van der Waals surface area (Å²) in [6.07, 6.45) is 6.60. The molecule has 0 fully saturated rings. The number of benzene rings is 2. The van der Waals surface area contributed by atoms with Crippen molar-refractivity contribution >= 4 is 5.91 Å². The van der Waals surface area contributed by atoms with Gasteiger partial charge in [-0.25, -0.2) is 5.48 Å². The number of rotatable bonds is 9. The lowest BCUT2D eigenvalue weighted by atomic mass is 9.99. The molecule has 0 aliphatic rings. The molecule has 0 saturated carbocycles. The number of unbranched alkanes of at least 4 members (excludes halogenated alkanes) is 2. The summed E-state index contributed by atoms with van der Waals surface area (Å²) >= 11 is 0. The summed E-state index contributed by atoms with van der Waals surface area (Å²) in [7, 11) is 0. The number of nitrogens with one attached hydrogen (secondary N) is 1. The SMILES string of the molecule is CCCc1ccc(-c2ccc(CCCCCC(=O)NO)cc2)cc1. The number of carbonyl (C=O) groups is 1. The molecular formula is C21H27NO2. The van der Waals surface area contributed by atoms with Crippen molar-refractivity contribution in [2.75, 3.05) is 0 Å². The standard InChI is InChI=1S/C21H27NO2/c1-2-6-17-9-13-19(14-10-17)20-15-11-18(12-16-20)7-4-3-5-8-21(23)22-24/h9-16,24H,2-8H2,1H3,(H,22,23). The molecule has 3 nitrogen and oxygen atoms in total. The van der Waals surface area contributed by atoms with Gasteiger partial charge in [0.05, 0.1) is 0 Å². The molecule has 24 heavy (non-hydrogen) atoms.